The first-order valence-corrected chi connectivity index (χ1v) is 8.97. The van der Waals surface area contributed by atoms with Gasteiger partial charge in [-0.05, 0) is 23.3 Å². The minimum Gasteiger partial charge on any atom is -0.494 e. The van der Waals surface area contributed by atoms with Gasteiger partial charge < -0.3 is 10.1 Å². The number of fused-ring (bicyclic) bond motifs is 1. The van der Waals surface area contributed by atoms with Gasteiger partial charge in [0.15, 0.2) is 5.13 Å². The summed E-state index contributed by atoms with van der Waals surface area (Å²) in [5.41, 5.74) is 4.51. The summed E-state index contributed by atoms with van der Waals surface area (Å²) in [5, 5.41) is 4.34. The molecule has 0 spiro atoms. The number of aromatic nitrogens is 1. The summed E-state index contributed by atoms with van der Waals surface area (Å²) < 4.78 is 6.65. The monoisotopic (exact) mass is 346 g/mol. The van der Waals surface area contributed by atoms with Crippen LogP contribution in [0.3, 0.4) is 0 Å². The molecule has 0 amide bonds. The van der Waals surface area contributed by atoms with Crippen LogP contribution in [0.4, 0.5) is 5.13 Å². The Morgan fingerprint density at radius 2 is 1.64 bits per heavy atom. The summed E-state index contributed by atoms with van der Waals surface area (Å²) in [6.45, 7) is 0.754. The molecular weight excluding hydrogens is 328 g/mol. The fourth-order valence-electron chi connectivity index (χ4n) is 2.84. The molecule has 0 bridgehead atoms. The Morgan fingerprint density at radius 1 is 0.920 bits per heavy atom. The minimum absolute atomic E-state index is 0.754. The van der Waals surface area contributed by atoms with Crippen molar-refractivity contribution in [1.29, 1.82) is 0 Å². The second-order valence-corrected chi connectivity index (χ2v) is 6.72. The lowest BCUT2D eigenvalue weighted by Crippen LogP contribution is -1.98. The molecule has 4 heteroatoms. The van der Waals surface area contributed by atoms with Gasteiger partial charge in [0.05, 0.1) is 11.8 Å². The Bertz CT molecular complexity index is 981. The Kier molecular flexibility index (Phi) is 4.36. The zero-order valence-corrected chi connectivity index (χ0v) is 14.7. The summed E-state index contributed by atoms with van der Waals surface area (Å²) in [4.78, 5) is 4.77. The Balaban J connectivity index is 1.73. The highest BCUT2D eigenvalue weighted by Gasteiger charge is 2.14. The van der Waals surface area contributed by atoms with Crippen molar-refractivity contribution in [2.24, 2.45) is 0 Å². The van der Waals surface area contributed by atoms with E-state index in [1.807, 2.05) is 30.3 Å². The highest BCUT2D eigenvalue weighted by atomic mass is 32.1. The molecule has 0 saturated carbocycles. The van der Waals surface area contributed by atoms with Crippen molar-refractivity contribution in [3.05, 3.63) is 78.4 Å². The van der Waals surface area contributed by atoms with Crippen LogP contribution in [-0.4, -0.2) is 12.1 Å². The van der Waals surface area contributed by atoms with Gasteiger partial charge in [-0.2, -0.15) is 0 Å². The van der Waals surface area contributed by atoms with Crippen LogP contribution in [0.15, 0.2) is 72.8 Å². The highest BCUT2D eigenvalue weighted by molar-refractivity contribution is 7.22. The van der Waals surface area contributed by atoms with Crippen molar-refractivity contribution in [3.63, 3.8) is 0 Å². The summed E-state index contributed by atoms with van der Waals surface area (Å²) >= 11 is 1.67. The van der Waals surface area contributed by atoms with Gasteiger partial charge in [0.1, 0.15) is 11.3 Å². The van der Waals surface area contributed by atoms with E-state index in [1.165, 1.54) is 16.7 Å². The van der Waals surface area contributed by atoms with Crippen molar-refractivity contribution < 1.29 is 4.74 Å². The van der Waals surface area contributed by atoms with Crippen LogP contribution in [0.25, 0.3) is 21.3 Å². The van der Waals surface area contributed by atoms with Crippen molar-refractivity contribution in [2.45, 2.75) is 6.54 Å². The van der Waals surface area contributed by atoms with Crippen LogP contribution >= 0.6 is 11.3 Å². The van der Waals surface area contributed by atoms with E-state index >= 15 is 0 Å². The van der Waals surface area contributed by atoms with E-state index in [9.17, 15) is 0 Å². The first kappa shape index (κ1) is 15.7. The smallest absolute Gasteiger partial charge is 0.184 e. The van der Waals surface area contributed by atoms with Crippen molar-refractivity contribution in [3.8, 4) is 16.9 Å². The van der Waals surface area contributed by atoms with Crippen LogP contribution in [0, 0.1) is 0 Å². The summed E-state index contributed by atoms with van der Waals surface area (Å²) in [7, 11) is 1.69. The lowest BCUT2D eigenvalue weighted by Gasteiger charge is -2.05. The van der Waals surface area contributed by atoms with Crippen LogP contribution in [0.2, 0.25) is 0 Å². The third-order valence-electron chi connectivity index (χ3n) is 4.10. The van der Waals surface area contributed by atoms with Gasteiger partial charge in [0, 0.05) is 12.1 Å². The van der Waals surface area contributed by atoms with Gasteiger partial charge in [0.25, 0.3) is 0 Å². The Hall–Kier alpha value is -2.85. The first-order chi connectivity index (χ1) is 12.3. The second-order valence-electron chi connectivity index (χ2n) is 5.72. The average molecular weight is 346 g/mol. The summed E-state index contributed by atoms with van der Waals surface area (Å²) in [5.74, 6) is 0.804. The van der Waals surface area contributed by atoms with E-state index in [4.69, 9.17) is 9.72 Å². The van der Waals surface area contributed by atoms with E-state index in [0.29, 0.717) is 0 Å². The lowest BCUT2D eigenvalue weighted by atomic mass is 10.1. The number of hydrogen-bond acceptors (Lipinski definition) is 4. The molecular formula is C21H18N2OS. The Labute approximate surface area is 150 Å². The molecule has 4 aromatic rings. The van der Waals surface area contributed by atoms with Crippen LogP contribution in [0.1, 0.15) is 5.56 Å². The fourth-order valence-corrected chi connectivity index (χ4v) is 3.86. The zero-order chi connectivity index (χ0) is 17.1. The van der Waals surface area contributed by atoms with Gasteiger partial charge in [0.2, 0.25) is 0 Å². The van der Waals surface area contributed by atoms with Crippen LogP contribution < -0.4 is 10.1 Å². The van der Waals surface area contributed by atoms with E-state index < -0.39 is 0 Å². The van der Waals surface area contributed by atoms with Gasteiger partial charge in [-0.1, -0.05) is 72.0 Å². The quantitative estimate of drug-likeness (QED) is 0.512. The number of nitrogens with one attached hydrogen (secondary N) is 1. The third-order valence-corrected chi connectivity index (χ3v) is 5.14. The molecule has 4 rings (SSSR count). The predicted molar refractivity (Wildman–Crippen MR) is 105 cm³/mol. The second kappa shape index (κ2) is 6.95. The standard InChI is InChI=1S/C21H18N2OS/c1-24-18-13-12-17(16-10-6-3-7-11-16)20-19(18)23-21(25-20)22-14-15-8-4-2-5-9-15/h2-13H,14H2,1H3,(H,22,23). The number of thiazole rings is 1. The molecule has 0 saturated heterocycles. The number of benzene rings is 3. The maximum absolute atomic E-state index is 5.51. The Morgan fingerprint density at radius 3 is 2.36 bits per heavy atom. The molecule has 0 fully saturated rings. The molecule has 1 aromatic heterocycles. The topological polar surface area (TPSA) is 34.1 Å². The highest BCUT2D eigenvalue weighted by Crippen LogP contribution is 2.39. The molecule has 0 radical (unpaired) electrons. The first-order valence-electron chi connectivity index (χ1n) is 8.16. The largest absolute Gasteiger partial charge is 0.494 e. The number of nitrogens with zero attached hydrogens (tertiary/aromatic N) is 1. The number of anilines is 1. The summed E-state index contributed by atoms with van der Waals surface area (Å²) in [6.07, 6.45) is 0. The van der Waals surface area contributed by atoms with E-state index in [-0.39, 0.29) is 0 Å². The number of hydrogen-bond donors (Lipinski definition) is 1. The minimum atomic E-state index is 0.754. The molecule has 0 aliphatic rings. The molecule has 1 heterocycles. The number of rotatable bonds is 5. The number of ether oxygens (including phenoxy) is 1. The third kappa shape index (κ3) is 3.21. The molecule has 3 nitrogen and oxygen atoms in total. The molecule has 124 valence electrons. The molecule has 25 heavy (non-hydrogen) atoms. The van der Waals surface area contributed by atoms with Gasteiger partial charge in [-0.25, -0.2) is 4.98 Å². The van der Waals surface area contributed by atoms with Gasteiger partial charge in [-0.3, -0.25) is 0 Å². The van der Waals surface area contributed by atoms with Crippen LogP contribution in [-0.2, 0) is 6.54 Å². The number of methoxy groups -OCH3 is 1. The molecule has 0 unspecified atom stereocenters. The predicted octanol–water partition coefficient (Wildman–Crippen LogP) is 5.58. The van der Waals surface area contributed by atoms with Gasteiger partial charge in [-0.15, -0.1) is 0 Å². The van der Waals surface area contributed by atoms with Gasteiger partial charge >= 0.3 is 0 Å². The maximum Gasteiger partial charge on any atom is 0.184 e. The normalized spacial score (nSPS) is 10.8. The molecule has 3 aromatic carbocycles. The zero-order valence-electron chi connectivity index (χ0n) is 13.9. The van der Waals surface area contributed by atoms with E-state index in [0.717, 1.165) is 27.6 Å². The summed E-state index contributed by atoms with van der Waals surface area (Å²) in [6, 6.07) is 24.8. The van der Waals surface area contributed by atoms with Crippen molar-refractivity contribution >= 4 is 26.7 Å². The maximum atomic E-state index is 5.51. The molecule has 0 aliphatic heterocycles. The average Bonchev–Trinajstić information content (AvgIpc) is 3.11. The molecule has 0 atom stereocenters. The SMILES string of the molecule is COc1ccc(-c2ccccc2)c2sc(NCc3ccccc3)nc12. The van der Waals surface area contributed by atoms with Crippen LogP contribution in [0.5, 0.6) is 5.75 Å². The molecule has 1 N–H and O–H groups in total. The fraction of sp³-hybridized carbons (Fsp3) is 0.0952. The van der Waals surface area contributed by atoms with E-state index in [2.05, 4.69) is 47.8 Å². The lowest BCUT2D eigenvalue weighted by molar-refractivity contribution is 0.419. The van der Waals surface area contributed by atoms with E-state index in [1.54, 1.807) is 18.4 Å². The van der Waals surface area contributed by atoms with Crippen molar-refractivity contribution in [1.82, 2.24) is 4.98 Å². The van der Waals surface area contributed by atoms with Crippen molar-refractivity contribution in [2.75, 3.05) is 12.4 Å². The molecule has 0 aliphatic carbocycles.